The molecule has 19 heavy (non-hydrogen) atoms. The lowest BCUT2D eigenvalue weighted by atomic mass is 10.2. The third-order valence-electron chi connectivity index (χ3n) is 2.42. The van der Waals surface area contributed by atoms with E-state index >= 15 is 0 Å². The predicted octanol–water partition coefficient (Wildman–Crippen LogP) is 3.71. The molecule has 0 aliphatic carbocycles. The molecule has 1 N–H and O–H groups in total. The number of halogens is 1. The van der Waals surface area contributed by atoms with Crippen LogP contribution in [0.4, 0.5) is 0 Å². The van der Waals surface area contributed by atoms with Gasteiger partial charge in [-0.25, -0.2) is 9.78 Å². The van der Waals surface area contributed by atoms with Gasteiger partial charge in [-0.2, -0.15) is 0 Å². The standard InChI is InChI=1S/C13H11BrN2O2S/c1-7-6-15-8(2)12(16-7)19-9-3-4-11(14)10(5-9)13(17)18/h3-6H,1-2H3,(H,17,18). The molecule has 0 radical (unpaired) electrons. The van der Waals surface area contributed by atoms with Crippen molar-refractivity contribution in [2.24, 2.45) is 0 Å². The molecule has 0 aliphatic heterocycles. The van der Waals surface area contributed by atoms with Crippen molar-refractivity contribution in [2.45, 2.75) is 23.8 Å². The fourth-order valence-electron chi connectivity index (χ4n) is 1.46. The Balaban J connectivity index is 2.36. The maximum atomic E-state index is 11.1. The summed E-state index contributed by atoms with van der Waals surface area (Å²) in [5.41, 5.74) is 1.90. The van der Waals surface area contributed by atoms with Gasteiger partial charge in [0.25, 0.3) is 0 Å². The average molecular weight is 339 g/mol. The molecule has 1 aromatic heterocycles. The van der Waals surface area contributed by atoms with Crippen LogP contribution in [0.1, 0.15) is 21.7 Å². The van der Waals surface area contributed by atoms with Crippen molar-refractivity contribution in [2.75, 3.05) is 0 Å². The molecular formula is C13H11BrN2O2S. The number of hydrogen-bond acceptors (Lipinski definition) is 4. The number of rotatable bonds is 3. The molecule has 0 saturated carbocycles. The molecule has 4 nitrogen and oxygen atoms in total. The van der Waals surface area contributed by atoms with Gasteiger partial charge in [0.1, 0.15) is 5.03 Å². The third-order valence-corrected chi connectivity index (χ3v) is 4.18. The summed E-state index contributed by atoms with van der Waals surface area (Å²) in [5.74, 6) is -0.957. The maximum absolute atomic E-state index is 11.1. The topological polar surface area (TPSA) is 63.1 Å². The fraction of sp³-hybridized carbons (Fsp3) is 0.154. The van der Waals surface area contributed by atoms with E-state index in [2.05, 4.69) is 25.9 Å². The van der Waals surface area contributed by atoms with Crippen LogP contribution in [0.25, 0.3) is 0 Å². The highest BCUT2D eigenvalue weighted by Crippen LogP contribution is 2.30. The first-order chi connectivity index (χ1) is 8.97. The van der Waals surface area contributed by atoms with E-state index in [1.807, 2.05) is 19.9 Å². The summed E-state index contributed by atoms with van der Waals surface area (Å²) in [7, 11) is 0. The van der Waals surface area contributed by atoms with Crippen molar-refractivity contribution < 1.29 is 9.90 Å². The Kier molecular flexibility index (Phi) is 4.21. The van der Waals surface area contributed by atoms with Gasteiger partial charge in [0.05, 0.1) is 17.0 Å². The summed E-state index contributed by atoms with van der Waals surface area (Å²) in [6.45, 7) is 3.76. The van der Waals surface area contributed by atoms with Crippen LogP contribution in [0.2, 0.25) is 0 Å². The Morgan fingerprint density at radius 2 is 2.11 bits per heavy atom. The molecule has 0 spiro atoms. The lowest BCUT2D eigenvalue weighted by Crippen LogP contribution is -1.98. The summed E-state index contributed by atoms with van der Waals surface area (Å²) in [5, 5.41) is 9.88. The van der Waals surface area contributed by atoms with Gasteiger partial charge >= 0.3 is 5.97 Å². The minimum atomic E-state index is -0.957. The van der Waals surface area contributed by atoms with E-state index in [1.165, 1.54) is 11.8 Å². The van der Waals surface area contributed by atoms with Gasteiger partial charge in [-0.05, 0) is 48.0 Å². The van der Waals surface area contributed by atoms with Crippen molar-refractivity contribution in [3.63, 3.8) is 0 Å². The summed E-state index contributed by atoms with van der Waals surface area (Å²) >= 11 is 4.64. The highest BCUT2D eigenvalue weighted by Gasteiger charge is 2.11. The molecule has 1 aromatic carbocycles. The second-order valence-corrected chi connectivity index (χ2v) is 5.87. The van der Waals surface area contributed by atoms with Crippen LogP contribution in [0, 0.1) is 13.8 Å². The molecule has 0 aliphatic rings. The van der Waals surface area contributed by atoms with E-state index in [9.17, 15) is 4.79 Å². The minimum absolute atomic E-state index is 0.239. The molecule has 98 valence electrons. The normalized spacial score (nSPS) is 10.5. The SMILES string of the molecule is Cc1cnc(C)c(Sc2ccc(Br)c(C(=O)O)c2)n1. The molecule has 2 rings (SSSR count). The van der Waals surface area contributed by atoms with Crippen LogP contribution in [0.15, 0.2) is 38.8 Å². The van der Waals surface area contributed by atoms with Gasteiger partial charge in [0.15, 0.2) is 0 Å². The van der Waals surface area contributed by atoms with E-state index in [-0.39, 0.29) is 5.56 Å². The number of aromatic nitrogens is 2. The van der Waals surface area contributed by atoms with Crippen molar-refractivity contribution in [1.82, 2.24) is 9.97 Å². The highest BCUT2D eigenvalue weighted by molar-refractivity contribution is 9.10. The van der Waals surface area contributed by atoms with E-state index in [0.29, 0.717) is 4.47 Å². The number of nitrogens with zero attached hydrogens (tertiary/aromatic N) is 2. The fourth-order valence-corrected chi connectivity index (χ4v) is 2.80. The number of carbonyl (C=O) groups is 1. The monoisotopic (exact) mass is 338 g/mol. The van der Waals surface area contributed by atoms with Gasteiger partial charge in [0, 0.05) is 15.6 Å². The molecule has 0 unspecified atom stereocenters. The van der Waals surface area contributed by atoms with Crippen LogP contribution in [-0.4, -0.2) is 21.0 Å². The first-order valence-corrected chi connectivity index (χ1v) is 7.09. The number of hydrogen-bond donors (Lipinski definition) is 1. The summed E-state index contributed by atoms with van der Waals surface area (Å²) < 4.78 is 0.566. The molecule has 2 aromatic rings. The molecule has 0 amide bonds. The van der Waals surface area contributed by atoms with Gasteiger partial charge < -0.3 is 5.11 Å². The van der Waals surface area contributed by atoms with Gasteiger partial charge in [-0.3, -0.25) is 4.98 Å². The summed E-state index contributed by atoms with van der Waals surface area (Å²) in [6.07, 6.45) is 1.71. The second kappa shape index (κ2) is 5.71. The zero-order valence-electron chi connectivity index (χ0n) is 10.3. The first kappa shape index (κ1) is 14.0. The zero-order chi connectivity index (χ0) is 14.0. The van der Waals surface area contributed by atoms with Crippen LogP contribution >= 0.6 is 27.7 Å². The molecule has 0 bridgehead atoms. The summed E-state index contributed by atoms with van der Waals surface area (Å²) in [6, 6.07) is 5.20. The Morgan fingerprint density at radius 3 is 2.79 bits per heavy atom. The summed E-state index contributed by atoms with van der Waals surface area (Å²) in [4.78, 5) is 20.6. The first-order valence-electron chi connectivity index (χ1n) is 5.48. The van der Waals surface area contributed by atoms with Crippen molar-refractivity contribution >= 4 is 33.7 Å². The molecule has 6 heteroatoms. The van der Waals surface area contributed by atoms with Crippen LogP contribution in [0.3, 0.4) is 0 Å². The van der Waals surface area contributed by atoms with Gasteiger partial charge in [0.2, 0.25) is 0 Å². The Hall–Kier alpha value is -1.40. The van der Waals surface area contributed by atoms with Crippen LogP contribution < -0.4 is 0 Å². The minimum Gasteiger partial charge on any atom is -0.478 e. The Morgan fingerprint density at radius 1 is 1.37 bits per heavy atom. The molecule has 0 saturated heterocycles. The third kappa shape index (κ3) is 3.33. The van der Waals surface area contributed by atoms with Crippen molar-refractivity contribution in [3.05, 3.63) is 45.8 Å². The quantitative estimate of drug-likeness (QED) is 0.924. The van der Waals surface area contributed by atoms with Crippen molar-refractivity contribution in [1.29, 1.82) is 0 Å². The van der Waals surface area contributed by atoms with Crippen LogP contribution in [0.5, 0.6) is 0 Å². The Bertz CT molecular complexity index is 647. The number of aryl methyl sites for hydroxylation is 2. The van der Waals surface area contributed by atoms with E-state index in [1.54, 1.807) is 18.3 Å². The predicted molar refractivity (Wildman–Crippen MR) is 76.7 cm³/mol. The lowest BCUT2D eigenvalue weighted by molar-refractivity contribution is 0.0695. The number of carboxylic acids is 1. The van der Waals surface area contributed by atoms with E-state index < -0.39 is 5.97 Å². The highest BCUT2D eigenvalue weighted by atomic mass is 79.9. The van der Waals surface area contributed by atoms with Gasteiger partial charge in [-0.1, -0.05) is 11.8 Å². The largest absolute Gasteiger partial charge is 0.478 e. The van der Waals surface area contributed by atoms with E-state index in [0.717, 1.165) is 21.3 Å². The molecular weight excluding hydrogens is 328 g/mol. The number of benzene rings is 1. The number of carboxylic acid groups (broad SMARTS) is 1. The average Bonchev–Trinajstić information content (AvgIpc) is 2.36. The molecule has 1 heterocycles. The Labute approximate surface area is 123 Å². The van der Waals surface area contributed by atoms with Crippen molar-refractivity contribution in [3.8, 4) is 0 Å². The molecule has 0 atom stereocenters. The van der Waals surface area contributed by atoms with Gasteiger partial charge in [-0.15, -0.1) is 0 Å². The second-order valence-electron chi connectivity index (χ2n) is 3.95. The van der Waals surface area contributed by atoms with E-state index in [4.69, 9.17) is 5.11 Å². The number of aromatic carboxylic acids is 1. The lowest BCUT2D eigenvalue weighted by Gasteiger charge is -2.06. The smallest absolute Gasteiger partial charge is 0.336 e. The van der Waals surface area contributed by atoms with Crippen LogP contribution in [-0.2, 0) is 0 Å². The molecule has 0 fully saturated rings. The maximum Gasteiger partial charge on any atom is 0.336 e. The zero-order valence-corrected chi connectivity index (χ0v) is 12.7.